The van der Waals surface area contributed by atoms with E-state index in [1.807, 2.05) is 0 Å². The monoisotopic (exact) mass is 186 g/mol. The fraction of sp³-hybridized carbons (Fsp3) is 0.417. The van der Waals surface area contributed by atoms with Gasteiger partial charge in [-0.25, -0.2) is 0 Å². The van der Waals surface area contributed by atoms with Gasteiger partial charge in [-0.15, -0.1) is 0 Å². The van der Waals surface area contributed by atoms with E-state index in [0.717, 1.165) is 19.6 Å². The number of hydrogen-bond donors (Lipinski definition) is 0. The van der Waals surface area contributed by atoms with Gasteiger partial charge in [-0.2, -0.15) is 5.26 Å². The maximum atomic E-state index is 8.63. The van der Waals surface area contributed by atoms with E-state index in [9.17, 15) is 0 Å². The third kappa shape index (κ3) is 1.94. The average molecular weight is 186 g/mol. The van der Waals surface area contributed by atoms with Gasteiger partial charge < -0.3 is 0 Å². The second-order valence-corrected chi connectivity index (χ2v) is 4.01. The topological polar surface area (TPSA) is 27.0 Å². The van der Waals surface area contributed by atoms with Crippen molar-refractivity contribution in [2.75, 3.05) is 13.1 Å². The molecule has 0 saturated carbocycles. The first-order valence-corrected chi connectivity index (χ1v) is 4.95. The van der Waals surface area contributed by atoms with Crippen molar-refractivity contribution in [1.29, 1.82) is 5.26 Å². The van der Waals surface area contributed by atoms with Gasteiger partial charge in [-0.05, 0) is 12.5 Å². The number of nitriles is 1. The molecule has 0 bridgehead atoms. The molecule has 0 aliphatic carbocycles. The molecule has 1 aromatic rings. The molecule has 0 N–H and O–H groups in total. The van der Waals surface area contributed by atoms with E-state index < -0.39 is 0 Å². The summed E-state index contributed by atoms with van der Waals surface area (Å²) in [5, 5.41) is 8.63. The second kappa shape index (κ2) is 3.81. The molecule has 0 spiro atoms. The molecule has 0 atom stereocenters. The van der Waals surface area contributed by atoms with Gasteiger partial charge in [0.05, 0.1) is 12.0 Å². The highest BCUT2D eigenvalue weighted by atomic mass is 15.2. The van der Waals surface area contributed by atoms with E-state index in [2.05, 4.69) is 42.2 Å². The van der Waals surface area contributed by atoms with Gasteiger partial charge in [-0.3, -0.25) is 4.90 Å². The normalized spacial score (nSPS) is 17.4. The molecular weight excluding hydrogens is 172 g/mol. The molecule has 2 nitrogen and oxygen atoms in total. The van der Waals surface area contributed by atoms with Gasteiger partial charge in [0, 0.05) is 19.6 Å². The number of rotatable bonds is 2. The molecule has 14 heavy (non-hydrogen) atoms. The number of aryl methyl sites for hydroxylation is 1. The predicted molar refractivity (Wildman–Crippen MR) is 55.6 cm³/mol. The van der Waals surface area contributed by atoms with Crippen LogP contribution in [0, 0.1) is 24.2 Å². The summed E-state index contributed by atoms with van der Waals surface area (Å²) in [6.45, 7) is 4.95. The molecule has 1 aromatic carbocycles. The molecule has 1 fully saturated rings. The molecule has 1 aliphatic rings. The second-order valence-electron chi connectivity index (χ2n) is 4.01. The maximum Gasteiger partial charge on any atom is 0.0717 e. The van der Waals surface area contributed by atoms with Crippen molar-refractivity contribution in [3.05, 3.63) is 35.4 Å². The summed E-state index contributed by atoms with van der Waals surface area (Å²) < 4.78 is 0. The van der Waals surface area contributed by atoms with Gasteiger partial charge in [0.1, 0.15) is 0 Å². The first-order valence-electron chi connectivity index (χ1n) is 4.95. The van der Waals surface area contributed by atoms with E-state index in [4.69, 9.17) is 5.26 Å². The van der Waals surface area contributed by atoms with Crippen molar-refractivity contribution in [1.82, 2.24) is 4.90 Å². The Balaban J connectivity index is 1.88. The van der Waals surface area contributed by atoms with Crippen LogP contribution in [0.3, 0.4) is 0 Å². The molecule has 0 aromatic heterocycles. The van der Waals surface area contributed by atoms with Crippen molar-refractivity contribution in [3.63, 3.8) is 0 Å². The zero-order valence-electron chi connectivity index (χ0n) is 8.40. The van der Waals surface area contributed by atoms with Gasteiger partial charge in [0.25, 0.3) is 0 Å². The summed E-state index contributed by atoms with van der Waals surface area (Å²) >= 11 is 0. The Hall–Kier alpha value is -1.33. The molecule has 0 amide bonds. The Bertz CT molecular complexity index is 342. The van der Waals surface area contributed by atoms with Crippen molar-refractivity contribution in [2.24, 2.45) is 5.92 Å². The van der Waals surface area contributed by atoms with Gasteiger partial charge in [0.2, 0.25) is 0 Å². The average Bonchev–Trinajstić information content (AvgIpc) is 2.13. The first-order chi connectivity index (χ1) is 6.78. The summed E-state index contributed by atoms with van der Waals surface area (Å²) in [7, 11) is 0. The fourth-order valence-corrected chi connectivity index (χ4v) is 1.73. The minimum Gasteiger partial charge on any atom is -0.296 e. The summed E-state index contributed by atoms with van der Waals surface area (Å²) in [4.78, 5) is 2.30. The molecule has 0 unspecified atom stereocenters. The van der Waals surface area contributed by atoms with Crippen LogP contribution in [-0.2, 0) is 6.54 Å². The lowest BCUT2D eigenvalue weighted by Crippen LogP contribution is -2.45. The highest BCUT2D eigenvalue weighted by Gasteiger charge is 2.25. The molecule has 1 heterocycles. The maximum absolute atomic E-state index is 8.63. The minimum atomic E-state index is 0.264. The zero-order valence-corrected chi connectivity index (χ0v) is 8.40. The van der Waals surface area contributed by atoms with Crippen LogP contribution in [0.4, 0.5) is 0 Å². The molecule has 72 valence electrons. The largest absolute Gasteiger partial charge is 0.296 e. The number of likely N-dealkylation sites (tertiary alicyclic amines) is 1. The molecule has 1 aliphatic heterocycles. The third-order valence-electron chi connectivity index (χ3n) is 2.67. The molecule has 2 rings (SSSR count). The van der Waals surface area contributed by atoms with Crippen LogP contribution < -0.4 is 0 Å². The van der Waals surface area contributed by atoms with Gasteiger partial charge in [0.15, 0.2) is 0 Å². The Morgan fingerprint density at radius 1 is 1.36 bits per heavy atom. The Morgan fingerprint density at radius 2 is 2.00 bits per heavy atom. The quantitative estimate of drug-likeness (QED) is 0.706. The molecule has 1 saturated heterocycles. The Labute approximate surface area is 84.8 Å². The summed E-state index contributed by atoms with van der Waals surface area (Å²) in [6, 6.07) is 10.9. The van der Waals surface area contributed by atoms with Gasteiger partial charge in [-0.1, -0.05) is 29.8 Å². The molecule has 2 heteroatoms. The van der Waals surface area contributed by atoms with E-state index >= 15 is 0 Å². The van der Waals surface area contributed by atoms with Crippen LogP contribution in [0.1, 0.15) is 11.1 Å². The zero-order chi connectivity index (χ0) is 9.97. The summed E-state index contributed by atoms with van der Waals surface area (Å²) in [5.41, 5.74) is 2.64. The van der Waals surface area contributed by atoms with Gasteiger partial charge >= 0.3 is 0 Å². The SMILES string of the molecule is Cc1ccc(CN2CC(C#N)C2)cc1. The van der Waals surface area contributed by atoms with E-state index in [1.165, 1.54) is 11.1 Å². The smallest absolute Gasteiger partial charge is 0.0717 e. The van der Waals surface area contributed by atoms with E-state index in [0.29, 0.717) is 0 Å². The van der Waals surface area contributed by atoms with Crippen molar-refractivity contribution in [3.8, 4) is 6.07 Å². The summed E-state index contributed by atoms with van der Waals surface area (Å²) in [5.74, 6) is 0.264. The lowest BCUT2D eigenvalue weighted by molar-refractivity contribution is 0.127. The van der Waals surface area contributed by atoms with Crippen LogP contribution >= 0.6 is 0 Å². The standard InChI is InChI=1S/C12H14N2/c1-10-2-4-11(5-3-10)7-14-8-12(6-13)9-14/h2-5,12H,7-9H2,1H3. The summed E-state index contributed by atoms with van der Waals surface area (Å²) in [6.07, 6.45) is 0. The number of benzene rings is 1. The Morgan fingerprint density at radius 3 is 2.57 bits per heavy atom. The van der Waals surface area contributed by atoms with Crippen molar-refractivity contribution < 1.29 is 0 Å². The fourth-order valence-electron chi connectivity index (χ4n) is 1.73. The third-order valence-corrected chi connectivity index (χ3v) is 2.67. The molecular formula is C12H14N2. The van der Waals surface area contributed by atoms with Crippen LogP contribution in [0.15, 0.2) is 24.3 Å². The van der Waals surface area contributed by atoms with E-state index in [1.54, 1.807) is 0 Å². The predicted octanol–water partition coefficient (Wildman–Crippen LogP) is 1.95. The van der Waals surface area contributed by atoms with Crippen LogP contribution in [-0.4, -0.2) is 18.0 Å². The van der Waals surface area contributed by atoms with Crippen molar-refractivity contribution >= 4 is 0 Å². The van der Waals surface area contributed by atoms with Crippen molar-refractivity contribution in [2.45, 2.75) is 13.5 Å². The highest BCUT2D eigenvalue weighted by molar-refractivity contribution is 5.21. The minimum absolute atomic E-state index is 0.264. The van der Waals surface area contributed by atoms with Crippen LogP contribution in [0.5, 0.6) is 0 Å². The first kappa shape index (κ1) is 9.23. The number of nitrogens with zero attached hydrogens (tertiary/aromatic N) is 2. The van der Waals surface area contributed by atoms with Crippen LogP contribution in [0.2, 0.25) is 0 Å². The Kier molecular flexibility index (Phi) is 2.51. The lowest BCUT2D eigenvalue weighted by atomic mass is 10.0. The van der Waals surface area contributed by atoms with Crippen LogP contribution in [0.25, 0.3) is 0 Å². The van der Waals surface area contributed by atoms with E-state index in [-0.39, 0.29) is 5.92 Å². The number of hydrogen-bond acceptors (Lipinski definition) is 2. The highest BCUT2D eigenvalue weighted by Crippen LogP contribution is 2.17. The lowest BCUT2D eigenvalue weighted by Gasteiger charge is -2.35. The molecule has 0 radical (unpaired) electrons.